The van der Waals surface area contributed by atoms with Gasteiger partial charge in [-0.2, -0.15) is 82.5 Å². The predicted octanol–water partition coefficient (Wildman–Crippen LogP) is 10.6. The van der Waals surface area contributed by atoms with E-state index in [2.05, 4.69) is 90.2 Å². The number of nitriles is 4. The number of aromatic nitrogens is 6. The van der Waals surface area contributed by atoms with E-state index in [1.54, 1.807) is 25.1 Å². The van der Waals surface area contributed by atoms with Crippen LogP contribution in [0.15, 0.2) is 171 Å². The molecule has 1 unspecified atom stereocenters. The first-order valence-corrected chi connectivity index (χ1v) is 31.1. The van der Waals surface area contributed by atoms with Crippen LogP contribution in [0.25, 0.3) is 33.1 Å². The van der Waals surface area contributed by atoms with Crippen LogP contribution in [-0.2, 0) is 56.0 Å². The third-order valence-corrected chi connectivity index (χ3v) is 13.0. The molecule has 0 saturated heterocycles. The number of hydrogen-bond donors (Lipinski definition) is 10. The van der Waals surface area contributed by atoms with Crippen LogP contribution < -0.4 is 22.6 Å². The van der Waals surface area contributed by atoms with E-state index in [9.17, 15) is 95.0 Å². The van der Waals surface area contributed by atoms with Crippen molar-refractivity contribution < 1.29 is 130 Å². The van der Waals surface area contributed by atoms with Gasteiger partial charge in [0.15, 0.2) is 22.2 Å². The lowest BCUT2D eigenvalue weighted by atomic mass is 10.1. The van der Waals surface area contributed by atoms with Crippen LogP contribution in [0.1, 0.15) is 60.1 Å². The van der Waals surface area contributed by atoms with Crippen molar-refractivity contribution in [3.05, 3.63) is 227 Å². The Morgan fingerprint density at radius 2 is 0.903 bits per heavy atom. The highest BCUT2D eigenvalue weighted by Crippen LogP contribution is 2.34. The Balaban J connectivity index is 0. The molecule has 0 bridgehead atoms. The Kier molecular flexibility index (Phi) is 40.7. The maximum absolute atomic E-state index is 13.5. The number of nitrogens with zero attached hydrogens (tertiary/aromatic N) is 8. The Hall–Kier alpha value is -12.6. The summed E-state index contributed by atoms with van der Waals surface area (Å²) < 4.78 is 190. The monoisotopic (exact) mass is 1690 g/mol. The van der Waals surface area contributed by atoms with Crippen molar-refractivity contribution in [3.63, 3.8) is 0 Å². The van der Waals surface area contributed by atoms with Gasteiger partial charge in [0.1, 0.15) is 0 Å². The van der Waals surface area contributed by atoms with E-state index in [1.165, 1.54) is 68.4 Å². The Morgan fingerprint density at radius 1 is 0.522 bits per heavy atom. The molecule has 0 amide bonds. The molecule has 606 valence electrons. The Labute approximate surface area is 641 Å². The summed E-state index contributed by atoms with van der Waals surface area (Å²) in [5, 5.41) is 84.6. The van der Waals surface area contributed by atoms with E-state index in [0.717, 1.165) is 0 Å². The predicted molar refractivity (Wildman–Crippen MR) is 379 cm³/mol. The zero-order valence-corrected chi connectivity index (χ0v) is 60.6. The number of halogens is 16. The lowest BCUT2D eigenvalue weighted by molar-refractivity contribution is -0.274. The number of alkyl halides is 15. The number of rotatable bonds is 20. The second-order valence-corrected chi connectivity index (χ2v) is 21.7. The van der Waals surface area contributed by atoms with Crippen molar-refractivity contribution in [2.24, 2.45) is 0 Å². The number of anilines is 2. The zero-order valence-electron chi connectivity index (χ0n) is 58.2. The number of aliphatic hydroxyl groups is 5. The van der Waals surface area contributed by atoms with E-state index in [0.29, 0.717) is 63.4 Å². The fourth-order valence-corrected chi connectivity index (χ4v) is 6.73. The number of allylic oxidation sites excluding steroid dienone is 4. The van der Waals surface area contributed by atoms with Crippen molar-refractivity contribution in [2.75, 3.05) is 31.3 Å². The molecule has 7 rings (SSSR count). The lowest BCUT2D eigenvalue weighted by Crippen LogP contribution is -2.54. The molecular weight excluding hydrogens is 1630 g/mol. The third-order valence-electron chi connectivity index (χ3n) is 12.4. The highest BCUT2D eigenvalue weighted by Gasteiger charge is 2.57. The fraction of sp³-hybridized carbons (Fsp3) is 0.232. The average molecular weight is 1700 g/mol. The molecule has 0 fully saturated rings. The highest BCUT2D eigenvalue weighted by atomic mass is 79.9. The van der Waals surface area contributed by atoms with Crippen molar-refractivity contribution >= 4 is 102 Å². The number of benzene rings is 4. The largest absolute Gasteiger partial charge is 0.477 e. The first kappa shape index (κ1) is 102. The van der Waals surface area contributed by atoms with Gasteiger partial charge in [-0.05, 0) is 152 Å². The van der Waals surface area contributed by atoms with E-state index < -0.39 is 115 Å². The van der Waals surface area contributed by atoms with Crippen LogP contribution in [0.2, 0.25) is 5.15 Å². The lowest BCUT2D eigenvalue weighted by Gasteiger charge is -2.25. The molecule has 0 aliphatic carbocycles. The maximum atomic E-state index is 13.5. The summed E-state index contributed by atoms with van der Waals surface area (Å²) in [5.74, 6) is -36.7. The van der Waals surface area contributed by atoms with E-state index in [4.69, 9.17) is 74.8 Å². The molecule has 12 N–H and O–H groups in total. The number of aromatic amines is 2. The molecule has 4 aromatic carbocycles. The zero-order chi connectivity index (χ0) is 88.2. The Morgan fingerprint density at radius 3 is 1.28 bits per heavy atom. The number of ether oxygens (including phenoxy) is 3. The molecule has 1 atom stereocenters. The number of aliphatic carboxylic acids is 1. The normalized spacial score (nSPS) is 11.3. The number of nitrogens with one attached hydrogen (secondary N) is 2. The van der Waals surface area contributed by atoms with Gasteiger partial charge in [0.25, 0.3) is 11.1 Å². The number of nitrogens with two attached hydrogens (primary N) is 2. The number of nitrogen functional groups attached to an aromatic ring is 2. The summed E-state index contributed by atoms with van der Waals surface area (Å²) in [7, 11) is 0. The standard InChI is InChI=1S/C12H6ClF2N3.2C12H7F2N3O.C7H10F2O4.C7H10F2O3.C7H7N3.C5H6F2O4.C4H6O3.C3H3BrF2/c1-2-12(14,15)10-11(13)18-9-5-7(6-16)3-4-8(9)17-10;1-2-12(13,14)10-11(18)17-8-4-3-7(6-15)5-9(8)16-10;1-2-12(13,14)10-11(18)17-9-5-7(6-15)3-4-8(9)16-10;1-3-6(8,9)7(11,12)5(10)13-4-2;1-3-7(8,9)5(10)6(11)12-4-2;8-4-5-1-2-6(9)7(10)3-5;1-2-4(6,7)5(10,11)3(8)9;1-2-7-4(6)3-5;1-2-3(4,5)6/h2-5H,1H2;2*2-5H,1H2,(H,17,18);3,11-12H,1,4H2,2H3;3,5,10H,1,4H2,2H3;1-3H,9-10H2;2,10-11H,1H2,(H,8,9);3H,2H2,1H3;2H,1H2. The minimum absolute atomic E-state index is 0.0378. The molecular formula is C69H62BrClF14N12O16. The van der Waals surface area contributed by atoms with Gasteiger partial charge < -0.3 is 66.3 Å². The number of carbonyl (C=O) groups is 5. The van der Waals surface area contributed by atoms with Crippen molar-refractivity contribution in [1.29, 1.82) is 21.0 Å². The molecule has 44 heteroatoms. The summed E-state index contributed by atoms with van der Waals surface area (Å²) >= 11 is 7.70. The second-order valence-electron chi connectivity index (χ2n) is 20.3. The number of aliphatic hydroxyl groups excluding tert-OH is 1. The van der Waals surface area contributed by atoms with Crippen LogP contribution in [-0.4, -0.2) is 151 Å². The minimum atomic E-state index is -4.27. The third kappa shape index (κ3) is 31.4. The summed E-state index contributed by atoms with van der Waals surface area (Å²) in [4.78, 5) is 89.7. The molecule has 0 radical (unpaired) electrons. The first-order chi connectivity index (χ1) is 52.0. The van der Waals surface area contributed by atoms with Gasteiger partial charge in [0, 0.05) is 0 Å². The molecule has 0 aliphatic rings. The Bertz CT molecular complexity index is 4900. The van der Waals surface area contributed by atoms with Crippen LogP contribution in [0.5, 0.6) is 0 Å². The number of hydrogen-bond acceptors (Lipinski definition) is 25. The van der Waals surface area contributed by atoms with Crippen molar-refractivity contribution in [2.45, 2.75) is 78.8 Å². The fourth-order valence-electron chi connectivity index (χ4n) is 6.47. The molecule has 7 aromatic rings. The molecule has 3 aromatic heterocycles. The number of esters is 3. The van der Waals surface area contributed by atoms with E-state index >= 15 is 0 Å². The topological polar surface area (TPSA) is 499 Å². The molecule has 0 aliphatic heterocycles. The first-order valence-electron chi connectivity index (χ1n) is 29.9. The number of carboxylic acids is 1. The highest BCUT2D eigenvalue weighted by molar-refractivity contribution is 9.10. The van der Waals surface area contributed by atoms with Gasteiger partial charge in [0.2, 0.25) is 12.4 Å². The molecule has 0 spiro atoms. The summed E-state index contributed by atoms with van der Waals surface area (Å²) in [6.45, 7) is 24.2. The minimum Gasteiger partial charge on any atom is -0.477 e. The van der Waals surface area contributed by atoms with Gasteiger partial charge >= 0.3 is 75.8 Å². The van der Waals surface area contributed by atoms with Gasteiger partial charge in [-0.1, -0.05) is 57.7 Å². The van der Waals surface area contributed by atoms with Crippen LogP contribution in [0.3, 0.4) is 0 Å². The van der Waals surface area contributed by atoms with Crippen LogP contribution in [0.4, 0.5) is 72.8 Å². The number of carbonyl (C=O) groups excluding carboxylic acids is 4. The smallest absolute Gasteiger partial charge is 0.373 e. The number of aldehydes is 1. The van der Waals surface area contributed by atoms with Gasteiger partial charge in [-0.3, -0.25) is 14.4 Å². The van der Waals surface area contributed by atoms with Gasteiger partial charge in [-0.25, -0.2) is 39.1 Å². The van der Waals surface area contributed by atoms with Gasteiger partial charge in [0.05, 0.1) is 111 Å². The van der Waals surface area contributed by atoms with E-state index in [-0.39, 0.29) is 72.0 Å². The quantitative estimate of drug-likeness (QED) is 0.00390. The number of carboxylic acid groups (broad SMARTS) is 1. The molecule has 3 heterocycles. The SMILES string of the molecule is C=CC(F)(F)Br.C=CC(F)(F)C(O)(O)C(=O)O.C=CC(F)(F)C(O)(O)C(=O)OCC.C=CC(F)(F)C(O)C(=O)OCC.C=CC(F)(F)c1nc2cc(C#N)ccc2[nH]c1=O.C=CC(F)(F)c1nc2ccc(C#N)cc2[nH]c1=O.C=CC(F)(F)c1nc2ccc(C#N)cc2nc1Cl.CCOC(=O)C=O.N#Cc1ccc(N)c(N)c1. The maximum Gasteiger partial charge on any atom is 0.373 e. The summed E-state index contributed by atoms with van der Waals surface area (Å²) in [6.07, 6.45) is -0.617. The molecule has 28 nitrogen and oxygen atoms in total. The summed E-state index contributed by atoms with van der Waals surface area (Å²) in [6, 6.07) is 25.2. The van der Waals surface area contributed by atoms with Crippen molar-refractivity contribution in [3.8, 4) is 24.3 Å². The van der Waals surface area contributed by atoms with Gasteiger partial charge in [-0.15, -0.1) is 0 Å². The number of fused-ring (bicyclic) bond motifs is 3. The molecule has 113 heavy (non-hydrogen) atoms. The van der Waals surface area contributed by atoms with Crippen LogP contribution >= 0.6 is 27.5 Å². The molecule has 0 saturated carbocycles. The number of H-pyrrole nitrogens is 2. The van der Waals surface area contributed by atoms with E-state index in [1.807, 2.05) is 40.2 Å². The average Bonchev–Trinajstić information content (AvgIpc) is 0.792. The van der Waals surface area contributed by atoms with Crippen molar-refractivity contribution in [1.82, 2.24) is 29.9 Å². The van der Waals surface area contributed by atoms with Crippen LogP contribution in [0, 0.1) is 45.3 Å². The summed E-state index contributed by atoms with van der Waals surface area (Å²) in [5.41, 5.74) is 10.2. The second kappa shape index (κ2) is 44.9.